The Labute approximate surface area is 175 Å². The maximum Gasteiger partial charge on any atom is 0.410 e. The van der Waals surface area contributed by atoms with Crippen molar-refractivity contribution < 1.29 is 23.8 Å². The van der Waals surface area contributed by atoms with Crippen LogP contribution in [0.1, 0.15) is 20.8 Å². The van der Waals surface area contributed by atoms with Crippen LogP contribution in [-0.4, -0.2) is 58.6 Å². The van der Waals surface area contributed by atoms with Gasteiger partial charge in [-0.3, -0.25) is 9.59 Å². The molecule has 0 atom stereocenters. The van der Waals surface area contributed by atoms with E-state index in [9.17, 15) is 14.4 Å². The lowest BCUT2D eigenvalue weighted by Crippen LogP contribution is -2.57. The van der Waals surface area contributed by atoms with Crippen LogP contribution in [0.2, 0.25) is 0 Å². The molecule has 0 unspecified atom stereocenters. The van der Waals surface area contributed by atoms with Crippen LogP contribution in [0.5, 0.6) is 5.88 Å². The number of rotatable bonds is 4. The van der Waals surface area contributed by atoms with Gasteiger partial charge in [0.15, 0.2) is 0 Å². The number of aromatic nitrogens is 2. The average molecular weight is 468 g/mol. The number of nitrogens with zero attached hydrogens (tertiary/aromatic N) is 3. The number of hydrogen-bond donors (Lipinski definition) is 0. The number of hydrogen-bond acceptors (Lipinski definition) is 7. The molecule has 0 saturated carbocycles. The second-order valence-electron chi connectivity index (χ2n) is 7.66. The van der Waals surface area contributed by atoms with Crippen molar-refractivity contribution in [3.8, 4) is 5.88 Å². The molecular formula is C19H22BrN3O6. The molecule has 1 fully saturated rings. The van der Waals surface area contributed by atoms with Gasteiger partial charge in [-0.2, -0.15) is 0 Å². The molecule has 2 aromatic rings. The Balaban J connectivity index is 1.83. The fourth-order valence-corrected chi connectivity index (χ4v) is 3.12. The number of ether oxygens (including phenoxy) is 3. The van der Waals surface area contributed by atoms with Gasteiger partial charge in [0.05, 0.1) is 31.0 Å². The van der Waals surface area contributed by atoms with Gasteiger partial charge in [0.2, 0.25) is 5.88 Å². The zero-order valence-corrected chi connectivity index (χ0v) is 18.2. The van der Waals surface area contributed by atoms with Crippen molar-refractivity contribution in [1.29, 1.82) is 0 Å². The summed E-state index contributed by atoms with van der Waals surface area (Å²) in [5.74, 6) is -0.389. The van der Waals surface area contributed by atoms with Gasteiger partial charge in [0.1, 0.15) is 18.2 Å². The molecule has 1 saturated heterocycles. The number of likely N-dealkylation sites (tertiary alicyclic amines) is 1. The zero-order chi connectivity index (χ0) is 21.3. The van der Waals surface area contributed by atoms with Gasteiger partial charge in [-0.15, -0.1) is 5.10 Å². The molecule has 9 nitrogen and oxygen atoms in total. The Morgan fingerprint density at radius 2 is 1.93 bits per heavy atom. The minimum absolute atomic E-state index is 0.207. The predicted molar refractivity (Wildman–Crippen MR) is 108 cm³/mol. The normalized spacial score (nSPS) is 14.4. The number of esters is 1. The maximum absolute atomic E-state index is 12.6. The number of carbonyl (C=O) groups excluding carboxylic acids is 2. The lowest BCUT2D eigenvalue weighted by molar-refractivity contribution is -0.141. The van der Waals surface area contributed by atoms with Crippen LogP contribution < -0.4 is 10.3 Å². The summed E-state index contributed by atoms with van der Waals surface area (Å²) in [7, 11) is 1.24. The van der Waals surface area contributed by atoms with Gasteiger partial charge < -0.3 is 19.1 Å². The van der Waals surface area contributed by atoms with Gasteiger partial charge in [0.25, 0.3) is 5.56 Å². The van der Waals surface area contributed by atoms with Crippen molar-refractivity contribution in [2.24, 2.45) is 0 Å². The Bertz CT molecular complexity index is 1010. The van der Waals surface area contributed by atoms with Crippen LogP contribution >= 0.6 is 15.9 Å². The summed E-state index contributed by atoms with van der Waals surface area (Å²) in [6.45, 7) is 5.75. The van der Waals surface area contributed by atoms with Crippen molar-refractivity contribution in [1.82, 2.24) is 14.7 Å². The number of amides is 1. The average Bonchev–Trinajstić information content (AvgIpc) is 2.59. The van der Waals surface area contributed by atoms with E-state index in [4.69, 9.17) is 9.47 Å². The molecule has 156 valence electrons. The van der Waals surface area contributed by atoms with Crippen LogP contribution in [0.3, 0.4) is 0 Å². The van der Waals surface area contributed by atoms with Crippen LogP contribution in [0.25, 0.3) is 10.8 Å². The third-order valence-corrected chi connectivity index (χ3v) is 4.67. The molecule has 0 spiro atoms. The molecule has 0 bridgehead atoms. The molecule has 3 rings (SSSR count). The SMILES string of the molecule is COC(=O)Cn1nc(OC2CN(C(=O)OC(C)(C)C)C2)c2cc(Br)ccc2c1=O. The smallest absolute Gasteiger partial charge is 0.410 e. The van der Waals surface area contributed by atoms with Crippen LogP contribution in [0, 0.1) is 0 Å². The number of benzene rings is 1. The Morgan fingerprint density at radius 3 is 2.55 bits per heavy atom. The van der Waals surface area contributed by atoms with E-state index in [1.807, 2.05) is 0 Å². The van der Waals surface area contributed by atoms with Crippen molar-refractivity contribution in [3.05, 3.63) is 33.0 Å². The van der Waals surface area contributed by atoms with E-state index >= 15 is 0 Å². The number of halogens is 1. The first kappa shape index (κ1) is 21.1. The minimum Gasteiger partial charge on any atom is -0.469 e. The highest BCUT2D eigenvalue weighted by Gasteiger charge is 2.36. The molecule has 1 aromatic heterocycles. The molecular weight excluding hydrogens is 446 g/mol. The number of fused-ring (bicyclic) bond motifs is 1. The number of methoxy groups -OCH3 is 1. The van der Waals surface area contributed by atoms with Crippen LogP contribution in [-0.2, 0) is 20.8 Å². The van der Waals surface area contributed by atoms with Gasteiger partial charge in [-0.05, 0) is 39.0 Å². The number of carbonyl (C=O) groups is 2. The first-order chi connectivity index (χ1) is 13.6. The van der Waals surface area contributed by atoms with Crippen molar-refractivity contribution in [3.63, 3.8) is 0 Å². The fraction of sp³-hybridized carbons (Fsp3) is 0.474. The minimum atomic E-state index is -0.596. The van der Waals surface area contributed by atoms with E-state index < -0.39 is 23.2 Å². The fourth-order valence-electron chi connectivity index (χ4n) is 2.76. The highest BCUT2D eigenvalue weighted by atomic mass is 79.9. The summed E-state index contributed by atoms with van der Waals surface area (Å²) in [4.78, 5) is 37.9. The summed E-state index contributed by atoms with van der Waals surface area (Å²) >= 11 is 3.38. The maximum atomic E-state index is 12.6. The quantitative estimate of drug-likeness (QED) is 0.635. The summed E-state index contributed by atoms with van der Waals surface area (Å²) in [5, 5.41) is 5.09. The highest BCUT2D eigenvalue weighted by molar-refractivity contribution is 9.10. The third kappa shape index (κ3) is 4.87. The highest BCUT2D eigenvalue weighted by Crippen LogP contribution is 2.27. The van der Waals surface area contributed by atoms with E-state index in [1.165, 1.54) is 12.0 Å². The van der Waals surface area contributed by atoms with Gasteiger partial charge in [0, 0.05) is 4.47 Å². The largest absolute Gasteiger partial charge is 0.469 e. The van der Waals surface area contributed by atoms with Gasteiger partial charge in [-0.25, -0.2) is 9.48 Å². The molecule has 1 aromatic carbocycles. The molecule has 2 heterocycles. The topological polar surface area (TPSA) is 100.0 Å². The summed E-state index contributed by atoms with van der Waals surface area (Å²) in [6.07, 6.45) is -0.713. The zero-order valence-electron chi connectivity index (χ0n) is 16.6. The standard InChI is InChI=1S/C19H22BrN3O6/c1-19(2,3)29-18(26)22-8-12(9-22)28-16-14-7-11(20)5-6-13(14)17(25)23(21-16)10-15(24)27-4/h5-7,12H,8-10H2,1-4H3. The van der Waals surface area contributed by atoms with E-state index in [0.29, 0.717) is 23.9 Å². The first-order valence-electron chi connectivity index (χ1n) is 8.99. The van der Waals surface area contributed by atoms with Crippen molar-refractivity contribution in [2.75, 3.05) is 20.2 Å². The second kappa shape index (κ2) is 8.02. The van der Waals surface area contributed by atoms with E-state index in [0.717, 1.165) is 9.15 Å². The van der Waals surface area contributed by atoms with Gasteiger partial charge >= 0.3 is 12.1 Å². The summed E-state index contributed by atoms with van der Waals surface area (Å²) in [6, 6.07) is 5.09. The summed E-state index contributed by atoms with van der Waals surface area (Å²) < 4.78 is 17.7. The third-order valence-electron chi connectivity index (χ3n) is 4.17. The molecule has 10 heteroatoms. The van der Waals surface area contributed by atoms with Crippen molar-refractivity contribution in [2.45, 2.75) is 39.0 Å². The Kier molecular flexibility index (Phi) is 5.83. The molecule has 1 amide bonds. The van der Waals surface area contributed by atoms with Crippen LogP contribution in [0.4, 0.5) is 4.79 Å². The van der Waals surface area contributed by atoms with E-state index in [1.54, 1.807) is 39.0 Å². The monoisotopic (exact) mass is 467 g/mol. The van der Waals surface area contributed by atoms with Crippen molar-refractivity contribution >= 4 is 38.8 Å². The molecule has 0 N–H and O–H groups in total. The lowest BCUT2D eigenvalue weighted by atomic mass is 10.1. The first-order valence-corrected chi connectivity index (χ1v) is 9.78. The molecule has 1 aliphatic heterocycles. The molecule has 1 aliphatic rings. The molecule has 0 radical (unpaired) electrons. The summed E-state index contributed by atoms with van der Waals surface area (Å²) in [5.41, 5.74) is -0.995. The Hall–Kier alpha value is -2.62. The molecule has 0 aliphatic carbocycles. The van der Waals surface area contributed by atoms with Gasteiger partial charge in [-0.1, -0.05) is 15.9 Å². The van der Waals surface area contributed by atoms with Crippen LogP contribution in [0.15, 0.2) is 27.5 Å². The predicted octanol–water partition coefficient (Wildman–Crippen LogP) is 2.33. The second-order valence-corrected chi connectivity index (χ2v) is 8.57. The Morgan fingerprint density at radius 1 is 1.24 bits per heavy atom. The van der Waals surface area contributed by atoms with E-state index in [2.05, 4.69) is 25.8 Å². The lowest BCUT2D eigenvalue weighted by Gasteiger charge is -2.39. The molecule has 29 heavy (non-hydrogen) atoms. The van der Waals surface area contributed by atoms with E-state index in [-0.39, 0.29) is 18.5 Å².